The van der Waals surface area contributed by atoms with Crippen LogP contribution in [0.1, 0.15) is 60.3 Å². The molecule has 4 unspecified atom stereocenters. The van der Waals surface area contributed by atoms with Crippen molar-refractivity contribution in [2.24, 2.45) is 23.7 Å². The fourth-order valence-corrected chi connectivity index (χ4v) is 3.68. The highest BCUT2D eigenvalue weighted by molar-refractivity contribution is 5.81. The summed E-state index contributed by atoms with van der Waals surface area (Å²) in [6.45, 7) is 11.4. The van der Waals surface area contributed by atoms with Crippen molar-refractivity contribution in [3.63, 3.8) is 0 Å². The van der Waals surface area contributed by atoms with E-state index in [9.17, 15) is 4.79 Å². The quantitative estimate of drug-likeness (QED) is 0.813. The standard InChI is InChI=1S/C18H36N2O/c1-12(2)10-17(18(21)20(6)7)19-16-11-14(5)8-9-15(16)13(3)4/h12-17,19H,8-11H2,1-7H3. The van der Waals surface area contributed by atoms with Crippen LogP contribution in [0.4, 0.5) is 0 Å². The molecular weight excluding hydrogens is 260 g/mol. The predicted molar refractivity (Wildman–Crippen MR) is 90.2 cm³/mol. The molecule has 0 bridgehead atoms. The van der Waals surface area contributed by atoms with Gasteiger partial charge >= 0.3 is 0 Å². The molecule has 1 amide bonds. The fraction of sp³-hybridized carbons (Fsp3) is 0.944. The number of hydrogen-bond acceptors (Lipinski definition) is 2. The van der Waals surface area contributed by atoms with Gasteiger partial charge in [0.15, 0.2) is 0 Å². The number of amides is 1. The zero-order valence-electron chi connectivity index (χ0n) is 15.1. The number of carbonyl (C=O) groups excluding carboxylic acids is 1. The molecule has 0 aromatic rings. The molecule has 21 heavy (non-hydrogen) atoms. The molecule has 4 atom stereocenters. The Bertz CT molecular complexity index is 325. The Balaban J connectivity index is 2.80. The second-order valence-electron chi connectivity index (χ2n) is 8.01. The van der Waals surface area contributed by atoms with E-state index in [2.05, 4.69) is 39.9 Å². The first kappa shape index (κ1) is 18.5. The summed E-state index contributed by atoms with van der Waals surface area (Å²) >= 11 is 0. The van der Waals surface area contributed by atoms with Gasteiger partial charge in [-0.2, -0.15) is 0 Å². The van der Waals surface area contributed by atoms with Gasteiger partial charge in [-0.3, -0.25) is 4.79 Å². The molecule has 0 heterocycles. The summed E-state index contributed by atoms with van der Waals surface area (Å²) in [5, 5.41) is 3.74. The van der Waals surface area contributed by atoms with E-state index in [1.807, 2.05) is 14.1 Å². The van der Waals surface area contributed by atoms with E-state index in [4.69, 9.17) is 0 Å². The summed E-state index contributed by atoms with van der Waals surface area (Å²) in [7, 11) is 3.72. The lowest BCUT2D eigenvalue weighted by molar-refractivity contribution is -0.131. The van der Waals surface area contributed by atoms with Gasteiger partial charge in [-0.1, -0.05) is 41.0 Å². The van der Waals surface area contributed by atoms with Crippen LogP contribution in [-0.2, 0) is 4.79 Å². The van der Waals surface area contributed by atoms with Gasteiger partial charge in [0.1, 0.15) is 0 Å². The highest BCUT2D eigenvalue weighted by atomic mass is 16.2. The average Bonchev–Trinajstić information content (AvgIpc) is 2.36. The Hall–Kier alpha value is -0.570. The van der Waals surface area contributed by atoms with Crippen LogP contribution in [0.3, 0.4) is 0 Å². The maximum atomic E-state index is 12.5. The van der Waals surface area contributed by atoms with Gasteiger partial charge in [-0.25, -0.2) is 0 Å². The van der Waals surface area contributed by atoms with Gasteiger partial charge in [0.05, 0.1) is 6.04 Å². The van der Waals surface area contributed by atoms with Crippen molar-refractivity contribution in [1.82, 2.24) is 10.2 Å². The van der Waals surface area contributed by atoms with E-state index in [0.717, 1.165) is 12.3 Å². The van der Waals surface area contributed by atoms with Crippen LogP contribution in [0.15, 0.2) is 0 Å². The van der Waals surface area contributed by atoms with Crippen molar-refractivity contribution >= 4 is 5.91 Å². The molecule has 124 valence electrons. The minimum atomic E-state index is -0.0310. The summed E-state index contributed by atoms with van der Waals surface area (Å²) < 4.78 is 0. The van der Waals surface area contributed by atoms with Crippen LogP contribution < -0.4 is 5.32 Å². The van der Waals surface area contributed by atoms with E-state index in [-0.39, 0.29) is 11.9 Å². The van der Waals surface area contributed by atoms with Gasteiger partial charge in [0.2, 0.25) is 5.91 Å². The second-order valence-corrected chi connectivity index (χ2v) is 8.01. The minimum Gasteiger partial charge on any atom is -0.347 e. The Labute approximate surface area is 131 Å². The highest BCUT2D eigenvalue weighted by Crippen LogP contribution is 2.34. The van der Waals surface area contributed by atoms with E-state index in [0.29, 0.717) is 23.8 Å². The Morgan fingerprint density at radius 1 is 1.19 bits per heavy atom. The lowest BCUT2D eigenvalue weighted by Gasteiger charge is -2.40. The topological polar surface area (TPSA) is 32.3 Å². The zero-order chi connectivity index (χ0) is 16.2. The van der Waals surface area contributed by atoms with E-state index in [1.54, 1.807) is 4.90 Å². The van der Waals surface area contributed by atoms with Gasteiger partial charge in [-0.15, -0.1) is 0 Å². The van der Waals surface area contributed by atoms with Crippen molar-refractivity contribution in [3.8, 4) is 0 Å². The summed E-state index contributed by atoms with van der Waals surface area (Å²) in [6, 6.07) is 0.456. The minimum absolute atomic E-state index is 0.0310. The number of carbonyl (C=O) groups is 1. The lowest BCUT2D eigenvalue weighted by atomic mass is 9.73. The molecule has 0 aromatic heterocycles. The summed E-state index contributed by atoms with van der Waals surface area (Å²) in [6.07, 6.45) is 4.75. The second kappa shape index (κ2) is 8.17. The van der Waals surface area contributed by atoms with Crippen LogP contribution >= 0.6 is 0 Å². The molecule has 1 aliphatic carbocycles. The summed E-state index contributed by atoms with van der Waals surface area (Å²) in [5.74, 6) is 2.91. The third kappa shape index (κ3) is 5.61. The number of hydrogen-bond donors (Lipinski definition) is 1. The third-order valence-electron chi connectivity index (χ3n) is 4.88. The van der Waals surface area contributed by atoms with Crippen LogP contribution in [0, 0.1) is 23.7 Å². The molecule has 1 N–H and O–H groups in total. The third-order valence-corrected chi connectivity index (χ3v) is 4.88. The molecule has 1 saturated carbocycles. The van der Waals surface area contributed by atoms with Crippen molar-refractivity contribution in [2.45, 2.75) is 72.4 Å². The van der Waals surface area contributed by atoms with E-state index >= 15 is 0 Å². The van der Waals surface area contributed by atoms with Crippen LogP contribution in [0.5, 0.6) is 0 Å². The molecule has 1 fully saturated rings. The molecule has 0 radical (unpaired) electrons. The molecule has 3 nitrogen and oxygen atoms in total. The maximum absolute atomic E-state index is 12.5. The Morgan fingerprint density at radius 3 is 2.29 bits per heavy atom. The lowest BCUT2D eigenvalue weighted by Crippen LogP contribution is -2.53. The van der Waals surface area contributed by atoms with Gasteiger partial charge in [0, 0.05) is 20.1 Å². The van der Waals surface area contributed by atoms with Crippen LogP contribution in [0.2, 0.25) is 0 Å². The molecule has 3 heteroatoms. The molecule has 1 aliphatic rings. The number of likely N-dealkylation sites (N-methyl/N-ethyl adjacent to an activating group) is 1. The van der Waals surface area contributed by atoms with Crippen molar-refractivity contribution in [3.05, 3.63) is 0 Å². The fourth-order valence-electron chi connectivity index (χ4n) is 3.68. The van der Waals surface area contributed by atoms with Gasteiger partial charge in [0.25, 0.3) is 0 Å². The Morgan fingerprint density at radius 2 is 1.81 bits per heavy atom. The monoisotopic (exact) mass is 296 g/mol. The number of rotatable bonds is 6. The number of nitrogens with zero attached hydrogens (tertiary/aromatic N) is 1. The normalized spacial score (nSPS) is 28.0. The first-order valence-electron chi connectivity index (χ1n) is 8.69. The molecule has 0 aliphatic heterocycles. The smallest absolute Gasteiger partial charge is 0.239 e. The number of nitrogens with one attached hydrogen (secondary N) is 1. The zero-order valence-corrected chi connectivity index (χ0v) is 15.1. The highest BCUT2D eigenvalue weighted by Gasteiger charge is 2.34. The van der Waals surface area contributed by atoms with Crippen molar-refractivity contribution < 1.29 is 4.79 Å². The predicted octanol–water partition coefficient (Wildman–Crippen LogP) is 3.54. The van der Waals surface area contributed by atoms with E-state index < -0.39 is 0 Å². The van der Waals surface area contributed by atoms with Crippen LogP contribution in [0.25, 0.3) is 0 Å². The molecule has 0 saturated heterocycles. The summed E-state index contributed by atoms with van der Waals surface area (Å²) in [5.41, 5.74) is 0. The van der Waals surface area contributed by atoms with Gasteiger partial charge in [-0.05, 0) is 42.9 Å². The molecule has 0 aromatic carbocycles. The SMILES string of the molecule is CC(C)CC(NC1CC(C)CCC1C(C)C)C(=O)N(C)C. The average molecular weight is 296 g/mol. The van der Waals surface area contributed by atoms with E-state index in [1.165, 1.54) is 19.3 Å². The molecular formula is C18H36N2O. The van der Waals surface area contributed by atoms with Crippen LogP contribution in [-0.4, -0.2) is 37.0 Å². The first-order chi connectivity index (χ1) is 9.72. The maximum Gasteiger partial charge on any atom is 0.239 e. The summed E-state index contributed by atoms with van der Waals surface area (Å²) in [4.78, 5) is 14.2. The van der Waals surface area contributed by atoms with Gasteiger partial charge < -0.3 is 10.2 Å². The Kier molecular flexibility index (Phi) is 7.19. The largest absolute Gasteiger partial charge is 0.347 e. The first-order valence-corrected chi connectivity index (χ1v) is 8.69. The molecule has 1 rings (SSSR count). The molecule has 0 spiro atoms. The van der Waals surface area contributed by atoms with Crippen molar-refractivity contribution in [2.75, 3.05) is 14.1 Å². The van der Waals surface area contributed by atoms with Crippen molar-refractivity contribution in [1.29, 1.82) is 0 Å².